The van der Waals surface area contributed by atoms with E-state index >= 15 is 0 Å². The fraction of sp³-hybridized carbons (Fsp3) is 0.235. The number of sulfonamides is 1. The molecule has 27 heavy (non-hydrogen) atoms. The standard InChI is InChI=1S/C17H20N4O5S/c1-11-3-4-13(9-12(11)2)20-17(22)7-8-19-15-6-5-14(27(18,25)26)10-16(15)21(23)24/h3-6,9-10,19H,7-8H2,1-2H3,(H,20,22)(H2,18,25,26). The van der Waals surface area contributed by atoms with Crippen LogP contribution >= 0.6 is 0 Å². The molecule has 0 saturated heterocycles. The smallest absolute Gasteiger partial charge is 0.293 e. The van der Waals surface area contributed by atoms with Crippen LogP contribution in [0.2, 0.25) is 0 Å². The van der Waals surface area contributed by atoms with Gasteiger partial charge >= 0.3 is 0 Å². The molecule has 0 fully saturated rings. The number of hydrogen-bond donors (Lipinski definition) is 3. The highest BCUT2D eigenvalue weighted by atomic mass is 32.2. The summed E-state index contributed by atoms with van der Waals surface area (Å²) in [4.78, 5) is 22.1. The topological polar surface area (TPSA) is 144 Å². The van der Waals surface area contributed by atoms with Gasteiger partial charge in [0.25, 0.3) is 5.69 Å². The van der Waals surface area contributed by atoms with Crippen molar-refractivity contribution >= 4 is 33.0 Å². The zero-order chi connectivity index (χ0) is 20.2. The van der Waals surface area contributed by atoms with Crippen molar-refractivity contribution in [1.82, 2.24) is 0 Å². The predicted molar refractivity (Wildman–Crippen MR) is 102 cm³/mol. The molecule has 1 amide bonds. The van der Waals surface area contributed by atoms with Gasteiger partial charge in [0.1, 0.15) is 5.69 Å². The molecule has 0 atom stereocenters. The van der Waals surface area contributed by atoms with Gasteiger partial charge in [-0.3, -0.25) is 14.9 Å². The Morgan fingerprint density at radius 2 is 1.85 bits per heavy atom. The van der Waals surface area contributed by atoms with E-state index in [1.807, 2.05) is 26.0 Å². The number of nitrogens with zero attached hydrogens (tertiary/aromatic N) is 1. The quantitative estimate of drug-likeness (QED) is 0.487. The van der Waals surface area contributed by atoms with Gasteiger partial charge in [0.15, 0.2) is 0 Å². The third-order valence-electron chi connectivity index (χ3n) is 3.95. The van der Waals surface area contributed by atoms with Crippen LogP contribution in [0.15, 0.2) is 41.3 Å². The maximum atomic E-state index is 12.0. The molecule has 9 nitrogen and oxygen atoms in total. The number of hydrogen-bond acceptors (Lipinski definition) is 6. The summed E-state index contributed by atoms with van der Waals surface area (Å²) in [6.45, 7) is 4.04. The number of amides is 1. The lowest BCUT2D eigenvalue weighted by atomic mass is 10.1. The highest BCUT2D eigenvalue weighted by Gasteiger charge is 2.19. The van der Waals surface area contributed by atoms with E-state index in [0.29, 0.717) is 5.69 Å². The average molecular weight is 392 g/mol. The molecule has 0 aliphatic rings. The number of nitro benzene ring substituents is 1. The van der Waals surface area contributed by atoms with Crippen molar-refractivity contribution in [2.45, 2.75) is 25.2 Å². The molecule has 0 aromatic heterocycles. The van der Waals surface area contributed by atoms with Gasteiger partial charge in [-0.1, -0.05) is 6.07 Å². The number of nitro groups is 1. The summed E-state index contributed by atoms with van der Waals surface area (Å²) in [6, 6.07) is 8.85. The van der Waals surface area contributed by atoms with Crippen LogP contribution in [0.1, 0.15) is 17.5 Å². The second kappa shape index (κ2) is 8.14. The maximum Gasteiger partial charge on any atom is 0.293 e. The number of primary sulfonamides is 1. The largest absolute Gasteiger partial charge is 0.379 e. The van der Waals surface area contributed by atoms with E-state index in [9.17, 15) is 23.3 Å². The van der Waals surface area contributed by atoms with Crippen LogP contribution in [-0.2, 0) is 14.8 Å². The summed E-state index contributed by atoms with van der Waals surface area (Å²) in [7, 11) is -4.05. The van der Waals surface area contributed by atoms with Gasteiger partial charge in [-0.2, -0.15) is 0 Å². The number of nitrogens with one attached hydrogen (secondary N) is 2. The molecule has 0 radical (unpaired) electrons. The Labute approximate surface area is 156 Å². The number of rotatable bonds is 7. The Morgan fingerprint density at radius 1 is 1.15 bits per heavy atom. The first-order valence-corrected chi connectivity index (χ1v) is 9.55. The van der Waals surface area contributed by atoms with Crippen LogP contribution in [0.4, 0.5) is 17.1 Å². The van der Waals surface area contributed by atoms with E-state index < -0.39 is 20.6 Å². The number of carbonyl (C=O) groups excluding carboxylic acids is 1. The van der Waals surface area contributed by atoms with Gasteiger partial charge in [0, 0.05) is 24.7 Å². The Hall–Kier alpha value is -2.98. The van der Waals surface area contributed by atoms with E-state index in [-0.39, 0.29) is 29.5 Å². The van der Waals surface area contributed by atoms with Crippen molar-refractivity contribution in [3.05, 3.63) is 57.6 Å². The van der Waals surface area contributed by atoms with E-state index in [1.165, 1.54) is 12.1 Å². The zero-order valence-electron chi connectivity index (χ0n) is 14.9. The highest BCUT2D eigenvalue weighted by molar-refractivity contribution is 7.89. The van der Waals surface area contributed by atoms with Crippen molar-refractivity contribution in [3.8, 4) is 0 Å². The van der Waals surface area contributed by atoms with E-state index in [2.05, 4.69) is 10.6 Å². The minimum absolute atomic E-state index is 0.0705. The number of benzene rings is 2. The van der Waals surface area contributed by atoms with Crippen molar-refractivity contribution < 1.29 is 18.1 Å². The summed E-state index contributed by atoms with van der Waals surface area (Å²) >= 11 is 0. The number of nitrogens with two attached hydrogens (primary N) is 1. The lowest BCUT2D eigenvalue weighted by Gasteiger charge is -2.10. The highest BCUT2D eigenvalue weighted by Crippen LogP contribution is 2.27. The molecule has 2 aromatic carbocycles. The van der Waals surface area contributed by atoms with Gasteiger partial charge < -0.3 is 10.6 Å². The number of carbonyl (C=O) groups is 1. The summed E-state index contributed by atoms with van der Waals surface area (Å²) in [6.07, 6.45) is 0.0705. The second-order valence-corrected chi connectivity index (χ2v) is 7.57. The van der Waals surface area contributed by atoms with Gasteiger partial charge in [-0.15, -0.1) is 0 Å². The van der Waals surface area contributed by atoms with Gasteiger partial charge in [-0.25, -0.2) is 13.6 Å². The number of anilines is 2. The Morgan fingerprint density at radius 3 is 2.44 bits per heavy atom. The predicted octanol–water partition coefficient (Wildman–Crippen LogP) is 2.30. The van der Waals surface area contributed by atoms with Crippen molar-refractivity contribution in [2.75, 3.05) is 17.2 Å². The van der Waals surface area contributed by atoms with Gasteiger partial charge in [0.2, 0.25) is 15.9 Å². The molecule has 0 aliphatic carbocycles. The van der Waals surface area contributed by atoms with E-state index in [4.69, 9.17) is 5.14 Å². The van der Waals surface area contributed by atoms with Crippen LogP contribution in [0.25, 0.3) is 0 Å². The minimum atomic E-state index is -4.05. The van der Waals surface area contributed by atoms with Gasteiger partial charge in [-0.05, 0) is 49.2 Å². The molecule has 10 heteroatoms. The monoisotopic (exact) mass is 392 g/mol. The minimum Gasteiger partial charge on any atom is -0.379 e. The molecule has 2 rings (SSSR count). The Kier molecular flexibility index (Phi) is 6.13. The van der Waals surface area contributed by atoms with E-state index in [1.54, 1.807) is 6.07 Å². The molecule has 4 N–H and O–H groups in total. The summed E-state index contributed by atoms with van der Waals surface area (Å²) < 4.78 is 22.6. The SMILES string of the molecule is Cc1ccc(NC(=O)CCNc2ccc(S(N)(=O)=O)cc2[N+](=O)[O-])cc1C. The molecular weight excluding hydrogens is 372 g/mol. The molecule has 144 valence electrons. The summed E-state index contributed by atoms with van der Waals surface area (Å²) in [5.74, 6) is -0.255. The van der Waals surface area contributed by atoms with Crippen molar-refractivity contribution in [1.29, 1.82) is 0 Å². The first-order chi connectivity index (χ1) is 12.6. The molecule has 2 aromatic rings. The van der Waals surface area contributed by atoms with Crippen LogP contribution in [0.3, 0.4) is 0 Å². The van der Waals surface area contributed by atoms with Crippen molar-refractivity contribution in [2.24, 2.45) is 5.14 Å². The molecule has 0 spiro atoms. The van der Waals surface area contributed by atoms with Crippen LogP contribution in [0.5, 0.6) is 0 Å². The average Bonchev–Trinajstić information content (AvgIpc) is 2.57. The molecule has 0 bridgehead atoms. The molecular formula is C17H20N4O5S. The third-order valence-corrected chi connectivity index (χ3v) is 4.86. The first-order valence-electron chi connectivity index (χ1n) is 8.00. The molecule has 0 saturated carbocycles. The van der Waals surface area contributed by atoms with Gasteiger partial charge in [0.05, 0.1) is 9.82 Å². The molecule has 0 aliphatic heterocycles. The zero-order valence-corrected chi connectivity index (χ0v) is 15.7. The molecule has 0 unspecified atom stereocenters. The summed E-state index contributed by atoms with van der Waals surface area (Å²) in [5.41, 5.74) is 2.51. The maximum absolute atomic E-state index is 12.0. The first kappa shape index (κ1) is 20.3. The Balaban J connectivity index is 2.00. The van der Waals surface area contributed by atoms with Crippen LogP contribution < -0.4 is 15.8 Å². The Bertz CT molecular complexity index is 989. The summed E-state index contributed by atoms with van der Waals surface area (Å²) in [5, 5.41) is 21.7. The van der Waals surface area contributed by atoms with Crippen LogP contribution in [-0.4, -0.2) is 25.8 Å². The third kappa shape index (κ3) is 5.50. The fourth-order valence-electron chi connectivity index (χ4n) is 2.34. The normalized spacial score (nSPS) is 11.1. The number of aryl methyl sites for hydroxylation is 2. The van der Waals surface area contributed by atoms with E-state index in [0.717, 1.165) is 17.2 Å². The second-order valence-electron chi connectivity index (χ2n) is 6.01. The lowest BCUT2D eigenvalue weighted by molar-refractivity contribution is -0.384. The fourth-order valence-corrected chi connectivity index (χ4v) is 2.88. The molecule has 0 heterocycles. The van der Waals surface area contributed by atoms with Crippen molar-refractivity contribution in [3.63, 3.8) is 0 Å². The van der Waals surface area contributed by atoms with Crippen LogP contribution in [0, 0.1) is 24.0 Å². The lowest BCUT2D eigenvalue weighted by Crippen LogP contribution is -2.17.